The lowest BCUT2D eigenvalue weighted by Crippen LogP contribution is -2.33. The topological polar surface area (TPSA) is 50.4 Å². The van der Waals surface area contributed by atoms with Gasteiger partial charge in [-0.05, 0) is 33.2 Å². The van der Waals surface area contributed by atoms with Crippen molar-refractivity contribution in [1.29, 1.82) is 0 Å². The first-order chi connectivity index (χ1) is 7.66. The molecule has 2 N–H and O–H groups in total. The van der Waals surface area contributed by atoms with E-state index in [0.717, 1.165) is 32.4 Å². The van der Waals surface area contributed by atoms with E-state index >= 15 is 0 Å². The van der Waals surface area contributed by atoms with Crippen molar-refractivity contribution in [2.24, 2.45) is 0 Å². The molecule has 0 aromatic rings. The first-order valence-corrected chi connectivity index (χ1v) is 6.25. The van der Waals surface area contributed by atoms with Crippen LogP contribution >= 0.6 is 0 Å². The van der Waals surface area contributed by atoms with Crippen molar-refractivity contribution < 1.29 is 9.53 Å². The van der Waals surface area contributed by atoms with Crippen LogP contribution < -0.4 is 10.6 Å². The van der Waals surface area contributed by atoms with Crippen molar-refractivity contribution in [3.63, 3.8) is 0 Å². The normalized spacial score (nSPS) is 10.8. The zero-order valence-corrected chi connectivity index (χ0v) is 10.8. The number of amides is 1. The number of rotatable bonds is 10. The maximum absolute atomic E-state index is 11.3. The van der Waals surface area contributed by atoms with Gasteiger partial charge in [-0.15, -0.1) is 0 Å². The van der Waals surface area contributed by atoms with Crippen molar-refractivity contribution in [3.8, 4) is 0 Å². The summed E-state index contributed by atoms with van der Waals surface area (Å²) in [5, 5.41) is 5.86. The minimum atomic E-state index is 0.130. The largest absolute Gasteiger partial charge is 0.379 e. The summed E-state index contributed by atoms with van der Waals surface area (Å²) in [6.45, 7) is 8.35. The molecule has 0 saturated carbocycles. The summed E-state index contributed by atoms with van der Waals surface area (Å²) in [5.74, 6) is 0.130. The molecule has 4 nitrogen and oxygen atoms in total. The summed E-state index contributed by atoms with van der Waals surface area (Å²) in [5.41, 5.74) is 0. The maximum Gasteiger partial charge on any atom is 0.220 e. The van der Waals surface area contributed by atoms with Crippen LogP contribution in [0.4, 0.5) is 0 Å². The van der Waals surface area contributed by atoms with E-state index in [1.54, 1.807) is 0 Å². The standard InChI is InChI=1S/C12H26N2O2/c1-4-13-10-14-12(15)8-6-5-7-9-16-11(2)3/h11,13H,4-10H2,1-3H3,(H,14,15). The lowest BCUT2D eigenvalue weighted by atomic mass is 10.2. The van der Waals surface area contributed by atoms with Gasteiger partial charge in [0.05, 0.1) is 12.8 Å². The minimum Gasteiger partial charge on any atom is -0.379 e. The van der Waals surface area contributed by atoms with Crippen molar-refractivity contribution in [2.75, 3.05) is 19.8 Å². The van der Waals surface area contributed by atoms with Crippen LogP contribution in [0.5, 0.6) is 0 Å². The number of nitrogens with one attached hydrogen (secondary N) is 2. The van der Waals surface area contributed by atoms with Crippen LogP contribution in [0.1, 0.15) is 46.5 Å². The fraction of sp³-hybridized carbons (Fsp3) is 0.917. The van der Waals surface area contributed by atoms with E-state index in [1.165, 1.54) is 0 Å². The number of unbranched alkanes of at least 4 members (excludes halogenated alkanes) is 2. The Morgan fingerprint density at radius 1 is 1.25 bits per heavy atom. The number of carbonyl (C=O) groups is 1. The van der Waals surface area contributed by atoms with E-state index < -0.39 is 0 Å². The molecule has 0 saturated heterocycles. The Labute approximate surface area is 99.1 Å². The van der Waals surface area contributed by atoms with Crippen LogP contribution in [0.15, 0.2) is 0 Å². The van der Waals surface area contributed by atoms with Crippen LogP contribution in [-0.4, -0.2) is 31.8 Å². The van der Waals surface area contributed by atoms with Crippen molar-refractivity contribution >= 4 is 5.91 Å². The molecule has 0 aliphatic rings. The van der Waals surface area contributed by atoms with Gasteiger partial charge < -0.3 is 15.4 Å². The monoisotopic (exact) mass is 230 g/mol. The lowest BCUT2D eigenvalue weighted by molar-refractivity contribution is -0.121. The summed E-state index contributed by atoms with van der Waals surface area (Å²) in [4.78, 5) is 11.3. The first kappa shape index (κ1) is 15.4. The zero-order valence-electron chi connectivity index (χ0n) is 10.8. The highest BCUT2D eigenvalue weighted by Gasteiger charge is 1.99. The number of hydrogen-bond donors (Lipinski definition) is 2. The van der Waals surface area contributed by atoms with E-state index in [2.05, 4.69) is 10.6 Å². The van der Waals surface area contributed by atoms with Gasteiger partial charge in [0, 0.05) is 13.0 Å². The predicted molar refractivity (Wildman–Crippen MR) is 66.2 cm³/mol. The molecule has 0 bridgehead atoms. The fourth-order valence-electron chi connectivity index (χ4n) is 1.26. The molecule has 0 spiro atoms. The molecule has 0 heterocycles. The molecule has 96 valence electrons. The maximum atomic E-state index is 11.3. The second-order valence-corrected chi connectivity index (χ2v) is 4.11. The van der Waals surface area contributed by atoms with Gasteiger partial charge in [-0.3, -0.25) is 4.79 Å². The highest BCUT2D eigenvalue weighted by atomic mass is 16.5. The molecule has 0 aliphatic heterocycles. The van der Waals surface area contributed by atoms with Crippen molar-refractivity contribution in [1.82, 2.24) is 10.6 Å². The van der Waals surface area contributed by atoms with E-state index in [4.69, 9.17) is 4.74 Å². The smallest absolute Gasteiger partial charge is 0.220 e. The summed E-state index contributed by atoms with van der Waals surface area (Å²) in [7, 11) is 0. The van der Waals surface area contributed by atoms with Crippen LogP contribution in [0.2, 0.25) is 0 Å². The fourth-order valence-corrected chi connectivity index (χ4v) is 1.26. The third-order valence-electron chi connectivity index (χ3n) is 2.16. The molecule has 0 fully saturated rings. The molecular formula is C12H26N2O2. The average molecular weight is 230 g/mol. The summed E-state index contributed by atoms with van der Waals surface area (Å²) >= 11 is 0. The molecule has 0 unspecified atom stereocenters. The van der Waals surface area contributed by atoms with Crippen LogP contribution in [0, 0.1) is 0 Å². The molecule has 0 aromatic carbocycles. The Morgan fingerprint density at radius 2 is 2.00 bits per heavy atom. The van der Waals surface area contributed by atoms with Crippen LogP contribution in [0.3, 0.4) is 0 Å². The zero-order chi connectivity index (χ0) is 12.2. The van der Waals surface area contributed by atoms with E-state index in [9.17, 15) is 4.79 Å². The Hall–Kier alpha value is -0.610. The van der Waals surface area contributed by atoms with Crippen LogP contribution in [0.25, 0.3) is 0 Å². The van der Waals surface area contributed by atoms with Gasteiger partial charge in [-0.25, -0.2) is 0 Å². The van der Waals surface area contributed by atoms with Gasteiger partial charge in [0.1, 0.15) is 0 Å². The van der Waals surface area contributed by atoms with Gasteiger partial charge >= 0.3 is 0 Å². The second-order valence-electron chi connectivity index (χ2n) is 4.11. The number of carbonyl (C=O) groups excluding carboxylic acids is 1. The van der Waals surface area contributed by atoms with Gasteiger partial charge in [-0.2, -0.15) is 0 Å². The Kier molecular flexibility index (Phi) is 10.5. The second kappa shape index (κ2) is 10.9. The molecule has 0 aromatic heterocycles. The Bertz CT molecular complexity index is 172. The van der Waals surface area contributed by atoms with Gasteiger partial charge in [-0.1, -0.05) is 13.3 Å². The number of hydrogen-bond acceptors (Lipinski definition) is 3. The summed E-state index contributed by atoms with van der Waals surface area (Å²) < 4.78 is 5.42. The van der Waals surface area contributed by atoms with E-state index in [-0.39, 0.29) is 5.91 Å². The van der Waals surface area contributed by atoms with Gasteiger partial charge in [0.25, 0.3) is 0 Å². The van der Waals surface area contributed by atoms with Gasteiger partial charge in [0.2, 0.25) is 5.91 Å². The van der Waals surface area contributed by atoms with E-state index in [0.29, 0.717) is 19.2 Å². The third-order valence-corrected chi connectivity index (χ3v) is 2.16. The SMILES string of the molecule is CCNCNC(=O)CCCCCOC(C)C. The highest BCUT2D eigenvalue weighted by molar-refractivity contribution is 5.75. The molecular weight excluding hydrogens is 204 g/mol. The predicted octanol–water partition coefficient (Wildman–Crippen LogP) is 1.65. The quantitative estimate of drug-likeness (QED) is 0.443. The molecule has 1 amide bonds. The average Bonchev–Trinajstić information content (AvgIpc) is 2.23. The minimum absolute atomic E-state index is 0.130. The molecule has 0 radical (unpaired) electrons. The molecule has 0 aliphatic carbocycles. The lowest BCUT2D eigenvalue weighted by Gasteiger charge is -2.07. The van der Waals surface area contributed by atoms with Crippen molar-refractivity contribution in [3.05, 3.63) is 0 Å². The first-order valence-electron chi connectivity index (χ1n) is 6.25. The van der Waals surface area contributed by atoms with Gasteiger partial charge in [0.15, 0.2) is 0 Å². The molecule has 16 heavy (non-hydrogen) atoms. The van der Waals surface area contributed by atoms with Crippen molar-refractivity contribution in [2.45, 2.75) is 52.6 Å². The number of ether oxygens (including phenoxy) is 1. The summed E-state index contributed by atoms with van der Waals surface area (Å²) in [6, 6.07) is 0. The molecule has 0 rings (SSSR count). The van der Waals surface area contributed by atoms with Crippen LogP contribution in [-0.2, 0) is 9.53 Å². The van der Waals surface area contributed by atoms with E-state index in [1.807, 2.05) is 20.8 Å². The Balaban J connectivity index is 3.15. The Morgan fingerprint density at radius 3 is 2.62 bits per heavy atom. The highest BCUT2D eigenvalue weighted by Crippen LogP contribution is 2.01. The molecule has 4 heteroatoms. The molecule has 0 atom stereocenters. The summed E-state index contributed by atoms with van der Waals surface area (Å²) in [6.07, 6.45) is 3.97. The third kappa shape index (κ3) is 11.5.